The Balaban J connectivity index is 2.31. The molecule has 0 radical (unpaired) electrons. The zero-order chi connectivity index (χ0) is 13.9. The predicted molar refractivity (Wildman–Crippen MR) is 74.8 cm³/mol. The third-order valence-corrected chi connectivity index (χ3v) is 4.13. The van der Waals surface area contributed by atoms with Crippen molar-refractivity contribution in [1.82, 2.24) is 0 Å². The molecule has 0 spiro atoms. The first kappa shape index (κ1) is 13.6. The molecule has 4 heteroatoms. The monoisotopic (exact) mass is 276 g/mol. The molecule has 2 rings (SSSR count). The summed E-state index contributed by atoms with van der Waals surface area (Å²) in [5.41, 5.74) is 1.97. The van der Waals surface area contributed by atoms with E-state index < -0.39 is 10.1 Å². The van der Waals surface area contributed by atoms with Gasteiger partial charge in [-0.3, -0.25) is 0 Å². The Hall–Kier alpha value is -1.81. The Morgan fingerprint density at radius 2 is 1.74 bits per heavy atom. The van der Waals surface area contributed by atoms with Crippen molar-refractivity contribution in [3.05, 3.63) is 59.7 Å². The average Bonchev–Trinajstić information content (AvgIpc) is 2.42. The van der Waals surface area contributed by atoms with Crippen LogP contribution in [0.25, 0.3) is 0 Å². The van der Waals surface area contributed by atoms with Crippen molar-refractivity contribution in [2.24, 2.45) is 0 Å². The molecule has 0 aliphatic heterocycles. The highest BCUT2D eigenvalue weighted by Crippen LogP contribution is 2.23. The highest BCUT2D eigenvalue weighted by atomic mass is 32.2. The van der Waals surface area contributed by atoms with Crippen LogP contribution in [0.2, 0.25) is 0 Å². The Bertz CT molecular complexity index is 661. The van der Waals surface area contributed by atoms with E-state index in [0.29, 0.717) is 5.75 Å². The molecule has 0 saturated carbocycles. The van der Waals surface area contributed by atoms with E-state index in [1.54, 1.807) is 24.3 Å². The minimum atomic E-state index is -3.76. The largest absolute Gasteiger partial charge is 0.379 e. The van der Waals surface area contributed by atoms with E-state index in [4.69, 9.17) is 4.18 Å². The van der Waals surface area contributed by atoms with Crippen molar-refractivity contribution in [2.75, 3.05) is 0 Å². The smallest absolute Gasteiger partial charge is 0.339 e. The van der Waals surface area contributed by atoms with Crippen molar-refractivity contribution >= 4 is 10.1 Å². The van der Waals surface area contributed by atoms with E-state index in [1.165, 1.54) is 12.1 Å². The molecule has 2 aromatic carbocycles. The van der Waals surface area contributed by atoms with Gasteiger partial charge in [-0.1, -0.05) is 37.3 Å². The van der Waals surface area contributed by atoms with Gasteiger partial charge in [-0.25, -0.2) is 0 Å². The summed E-state index contributed by atoms with van der Waals surface area (Å²) in [6, 6.07) is 13.7. The molecule has 100 valence electrons. The summed E-state index contributed by atoms with van der Waals surface area (Å²) in [6.45, 7) is 3.89. The van der Waals surface area contributed by atoms with Crippen molar-refractivity contribution < 1.29 is 12.6 Å². The van der Waals surface area contributed by atoms with Crippen molar-refractivity contribution in [2.45, 2.75) is 25.2 Å². The Kier molecular flexibility index (Phi) is 3.90. The number of aryl methyl sites for hydroxylation is 2. The van der Waals surface area contributed by atoms with Gasteiger partial charge < -0.3 is 4.18 Å². The Labute approximate surface area is 114 Å². The van der Waals surface area contributed by atoms with Gasteiger partial charge in [-0.15, -0.1) is 0 Å². The molecule has 0 unspecified atom stereocenters. The zero-order valence-corrected chi connectivity index (χ0v) is 11.8. The summed E-state index contributed by atoms with van der Waals surface area (Å²) < 4.78 is 29.4. The molecular formula is C15H16O3S. The zero-order valence-electron chi connectivity index (χ0n) is 11.0. The van der Waals surface area contributed by atoms with E-state index in [1.807, 2.05) is 19.1 Å². The third kappa shape index (κ3) is 3.15. The molecular weight excluding hydrogens is 260 g/mol. The van der Waals surface area contributed by atoms with Crippen LogP contribution in [0.5, 0.6) is 5.75 Å². The topological polar surface area (TPSA) is 43.4 Å². The second-order valence-corrected chi connectivity index (χ2v) is 5.85. The van der Waals surface area contributed by atoms with Gasteiger partial charge in [0.1, 0.15) is 10.6 Å². The summed E-state index contributed by atoms with van der Waals surface area (Å²) in [6.07, 6.45) is 0.909. The van der Waals surface area contributed by atoms with Gasteiger partial charge in [0.2, 0.25) is 0 Å². The highest BCUT2D eigenvalue weighted by Gasteiger charge is 2.17. The molecule has 0 aliphatic carbocycles. The van der Waals surface area contributed by atoms with Crippen LogP contribution in [0.15, 0.2) is 53.4 Å². The molecule has 0 heterocycles. The second-order valence-electron chi connectivity index (χ2n) is 4.30. The van der Waals surface area contributed by atoms with E-state index in [2.05, 4.69) is 6.92 Å². The van der Waals surface area contributed by atoms with Gasteiger partial charge in [-0.2, -0.15) is 8.42 Å². The average molecular weight is 276 g/mol. The number of rotatable bonds is 4. The Morgan fingerprint density at radius 3 is 2.32 bits per heavy atom. The fourth-order valence-corrected chi connectivity index (χ4v) is 2.79. The molecule has 0 aliphatic rings. The van der Waals surface area contributed by atoms with Crippen molar-refractivity contribution in [3.63, 3.8) is 0 Å². The SMILES string of the molecule is CCc1ccc(OS(=O)(=O)c2ccccc2)c(C)c1. The Morgan fingerprint density at radius 1 is 1.05 bits per heavy atom. The van der Waals surface area contributed by atoms with E-state index >= 15 is 0 Å². The molecule has 0 atom stereocenters. The van der Waals surface area contributed by atoms with Gasteiger partial charge in [-0.05, 0) is 42.7 Å². The maximum Gasteiger partial charge on any atom is 0.339 e. The lowest BCUT2D eigenvalue weighted by Gasteiger charge is -2.10. The maximum absolute atomic E-state index is 12.1. The molecule has 0 aromatic heterocycles. The number of hydrogen-bond donors (Lipinski definition) is 0. The molecule has 0 amide bonds. The van der Waals surface area contributed by atoms with E-state index in [0.717, 1.165) is 17.5 Å². The normalized spacial score (nSPS) is 11.3. The van der Waals surface area contributed by atoms with Crippen LogP contribution < -0.4 is 4.18 Å². The summed E-state index contributed by atoms with van der Waals surface area (Å²) >= 11 is 0. The van der Waals surface area contributed by atoms with Crippen LogP contribution in [0.4, 0.5) is 0 Å². The first-order valence-electron chi connectivity index (χ1n) is 6.12. The minimum absolute atomic E-state index is 0.161. The summed E-state index contributed by atoms with van der Waals surface area (Å²) in [7, 11) is -3.76. The predicted octanol–water partition coefficient (Wildman–Crippen LogP) is 3.33. The second kappa shape index (κ2) is 5.45. The van der Waals surface area contributed by atoms with Crippen LogP contribution in [0.1, 0.15) is 18.1 Å². The van der Waals surface area contributed by atoms with Crippen LogP contribution >= 0.6 is 0 Å². The highest BCUT2D eigenvalue weighted by molar-refractivity contribution is 7.87. The molecule has 0 saturated heterocycles. The maximum atomic E-state index is 12.1. The summed E-state index contributed by atoms with van der Waals surface area (Å²) in [5, 5.41) is 0. The fraction of sp³-hybridized carbons (Fsp3) is 0.200. The fourth-order valence-electron chi connectivity index (χ4n) is 1.78. The molecule has 0 N–H and O–H groups in total. The van der Waals surface area contributed by atoms with Crippen LogP contribution in [0, 0.1) is 6.92 Å². The van der Waals surface area contributed by atoms with Crippen LogP contribution in [-0.2, 0) is 16.5 Å². The standard InChI is InChI=1S/C15H16O3S/c1-3-13-9-10-15(12(2)11-13)18-19(16,17)14-7-5-4-6-8-14/h4-11H,3H2,1-2H3. The summed E-state index contributed by atoms with van der Waals surface area (Å²) in [5.74, 6) is 0.376. The number of hydrogen-bond acceptors (Lipinski definition) is 3. The van der Waals surface area contributed by atoms with E-state index in [9.17, 15) is 8.42 Å². The third-order valence-electron chi connectivity index (χ3n) is 2.88. The molecule has 19 heavy (non-hydrogen) atoms. The van der Waals surface area contributed by atoms with Gasteiger partial charge >= 0.3 is 10.1 Å². The lowest BCUT2D eigenvalue weighted by molar-refractivity contribution is 0.484. The van der Waals surface area contributed by atoms with Crippen LogP contribution in [0.3, 0.4) is 0 Å². The van der Waals surface area contributed by atoms with Crippen molar-refractivity contribution in [3.8, 4) is 5.75 Å². The lowest BCUT2D eigenvalue weighted by atomic mass is 10.1. The quantitative estimate of drug-likeness (QED) is 0.804. The minimum Gasteiger partial charge on any atom is -0.379 e. The lowest BCUT2D eigenvalue weighted by Crippen LogP contribution is -2.10. The van der Waals surface area contributed by atoms with Gasteiger partial charge in [0.05, 0.1) is 0 Å². The van der Waals surface area contributed by atoms with Gasteiger partial charge in [0.15, 0.2) is 0 Å². The first-order chi connectivity index (χ1) is 9.03. The molecule has 0 bridgehead atoms. The van der Waals surface area contributed by atoms with Gasteiger partial charge in [0.25, 0.3) is 0 Å². The number of benzene rings is 2. The first-order valence-corrected chi connectivity index (χ1v) is 7.53. The summed E-state index contributed by atoms with van der Waals surface area (Å²) in [4.78, 5) is 0.161. The van der Waals surface area contributed by atoms with Crippen LogP contribution in [-0.4, -0.2) is 8.42 Å². The molecule has 0 fully saturated rings. The molecule has 2 aromatic rings. The molecule has 3 nitrogen and oxygen atoms in total. The van der Waals surface area contributed by atoms with Crippen molar-refractivity contribution in [1.29, 1.82) is 0 Å². The van der Waals surface area contributed by atoms with E-state index in [-0.39, 0.29) is 4.90 Å². The van der Waals surface area contributed by atoms with Gasteiger partial charge in [0, 0.05) is 0 Å².